The molecule has 0 aliphatic carbocycles. The van der Waals surface area contributed by atoms with Gasteiger partial charge in [-0.05, 0) is 13.0 Å². The maximum Gasteiger partial charge on any atom is 0.354 e. The van der Waals surface area contributed by atoms with Crippen molar-refractivity contribution in [3.63, 3.8) is 0 Å². The second-order valence-electron chi connectivity index (χ2n) is 2.86. The monoisotopic (exact) mass is 346 g/mol. The van der Waals surface area contributed by atoms with Gasteiger partial charge in [0.15, 0.2) is 0 Å². The van der Waals surface area contributed by atoms with Crippen molar-refractivity contribution in [1.82, 2.24) is 5.32 Å². The van der Waals surface area contributed by atoms with Crippen LogP contribution in [0.5, 0.6) is 0 Å². The quantitative estimate of drug-likeness (QED) is 0.339. The normalized spacial score (nSPS) is 12.7. The summed E-state index contributed by atoms with van der Waals surface area (Å²) in [5.74, 6) is 0. The summed E-state index contributed by atoms with van der Waals surface area (Å²) in [5.41, 5.74) is -2.08. The first-order chi connectivity index (χ1) is 6.19. The van der Waals surface area contributed by atoms with Crippen molar-refractivity contribution in [3.05, 3.63) is 0 Å². The summed E-state index contributed by atoms with van der Waals surface area (Å²) in [6.45, 7) is 2.02. The van der Waals surface area contributed by atoms with Crippen LogP contribution in [0.2, 0.25) is 0 Å². The van der Waals surface area contributed by atoms with Crippen LogP contribution in [-0.4, -0.2) is 31.6 Å². The fourth-order valence-electron chi connectivity index (χ4n) is 0.842. The summed E-state index contributed by atoms with van der Waals surface area (Å²) in [7, 11) is -9.62. The van der Waals surface area contributed by atoms with Gasteiger partial charge in [-0.15, -0.1) is 0 Å². The Bertz CT molecular complexity index is 240. The minimum Gasteiger partial charge on any atom is -0.323 e. The van der Waals surface area contributed by atoms with E-state index >= 15 is 0 Å². The van der Waals surface area contributed by atoms with Crippen LogP contribution in [0.1, 0.15) is 19.8 Å². The smallest absolute Gasteiger partial charge is 0.323 e. The molecule has 0 heterocycles. The maximum atomic E-state index is 10.7. The zero-order valence-corrected chi connectivity index (χ0v) is 11.7. The van der Waals surface area contributed by atoms with E-state index in [1.165, 1.54) is 0 Å². The van der Waals surface area contributed by atoms with Gasteiger partial charge in [-0.2, -0.15) is 0 Å². The summed E-state index contributed by atoms with van der Waals surface area (Å²) in [4.78, 5) is 34.7. The van der Waals surface area contributed by atoms with E-state index in [0.29, 0.717) is 6.42 Å². The molecule has 0 aromatic heterocycles. The van der Waals surface area contributed by atoms with Crippen LogP contribution >= 0.6 is 15.2 Å². The van der Waals surface area contributed by atoms with Gasteiger partial charge < -0.3 is 19.6 Å². The zero-order chi connectivity index (χ0) is 11.4. The largest absolute Gasteiger partial charge is 0.354 e. The minimum atomic E-state index is -4.81. The van der Waals surface area contributed by atoms with Crippen LogP contribution in [0.25, 0.3) is 0 Å². The Balaban J connectivity index is 0. The van der Waals surface area contributed by atoms with E-state index in [9.17, 15) is 9.13 Å². The molecule has 15 heavy (non-hydrogen) atoms. The Hall–Kier alpha value is 0.909. The molecule has 0 rings (SSSR count). The van der Waals surface area contributed by atoms with Crippen LogP contribution in [0.15, 0.2) is 0 Å². The van der Waals surface area contributed by atoms with Crippen molar-refractivity contribution >= 4 is 15.2 Å². The second-order valence-corrected chi connectivity index (χ2v) is 6.66. The molecule has 0 aliphatic rings. The standard InChI is InChI=1S/C5H15NO6P2.Tc/c1-2-3-4-6-5(13(7,8)9)14(10,11)12;/h5-6H,2-4H2,1H3,(H2,7,8,9)(H2,10,11,12);/i;1+1. The third-order valence-corrected chi connectivity index (χ3v) is 4.94. The molecule has 0 atom stereocenters. The van der Waals surface area contributed by atoms with Crippen LogP contribution in [0, 0.1) is 0 Å². The van der Waals surface area contributed by atoms with Crippen molar-refractivity contribution < 1.29 is 48.8 Å². The van der Waals surface area contributed by atoms with Crippen molar-refractivity contribution in [2.24, 2.45) is 0 Å². The molecule has 0 bridgehead atoms. The zero-order valence-electron chi connectivity index (χ0n) is 8.08. The van der Waals surface area contributed by atoms with E-state index in [1.807, 2.05) is 6.92 Å². The Kier molecular flexibility index (Phi) is 8.87. The number of hydrogen-bond donors (Lipinski definition) is 5. The van der Waals surface area contributed by atoms with E-state index in [4.69, 9.17) is 19.6 Å². The van der Waals surface area contributed by atoms with Crippen LogP contribution in [0.3, 0.4) is 0 Å². The van der Waals surface area contributed by atoms with E-state index < -0.39 is 20.7 Å². The van der Waals surface area contributed by atoms with Gasteiger partial charge in [0, 0.05) is 20.1 Å². The third kappa shape index (κ3) is 7.75. The molecule has 0 saturated carbocycles. The van der Waals surface area contributed by atoms with Gasteiger partial charge in [0.2, 0.25) is 5.52 Å². The number of hydrogen-bond acceptors (Lipinski definition) is 3. The minimum absolute atomic E-state index is 0. The summed E-state index contributed by atoms with van der Waals surface area (Å²) in [5, 5.41) is 2.17. The molecule has 0 fully saturated rings. The van der Waals surface area contributed by atoms with Crippen molar-refractivity contribution in [1.29, 1.82) is 0 Å². The Labute approximate surface area is 101 Å². The van der Waals surface area contributed by atoms with Crippen LogP contribution in [-0.2, 0) is 29.2 Å². The summed E-state index contributed by atoms with van der Waals surface area (Å²) in [6, 6.07) is 0. The van der Waals surface area contributed by atoms with Gasteiger partial charge in [-0.1, -0.05) is 13.3 Å². The fraction of sp³-hybridized carbons (Fsp3) is 1.00. The molecule has 0 aromatic rings. The van der Waals surface area contributed by atoms with Crippen LogP contribution in [0.4, 0.5) is 0 Å². The average Bonchev–Trinajstić information content (AvgIpc) is 1.92. The molecule has 0 amide bonds. The molecule has 10 heteroatoms. The van der Waals surface area contributed by atoms with E-state index in [1.54, 1.807) is 0 Å². The summed E-state index contributed by atoms with van der Waals surface area (Å²) < 4.78 is 21.4. The van der Waals surface area contributed by atoms with Gasteiger partial charge in [-0.25, -0.2) is 0 Å². The molecule has 1 radical (unpaired) electrons. The molecule has 0 unspecified atom stereocenters. The molecule has 0 aliphatic heterocycles. The number of nitrogens with one attached hydrogen (secondary N) is 1. The molecule has 0 spiro atoms. The molecule has 0 saturated heterocycles. The Morgan fingerprint density at radius 3 is 1.80 bits per heavy atom. The predicted molar refractivity (Wildman–Crippen MR) is 50.8 cm³/mol. The molecule has 93 valence electrons. The molecular formula is C5H15NO6P2Tc. The first-order valence-electron chi connectivity index (χ1n) is 4.03. The van der Waals surface area contributed by atoms with Gasteiger partial charge >= 0.3 is 15.2 Å². The second kappa shape index (κ2) is 7.28. The van der Waals surface area contributed by atoms with Crippen molar-refractivity contribution in [3.8, 4) is 0 Å². The molecule has 5 N–H and O–H groups in total. The fourth-order valence-corrected chi connectivity index (χ4v) is 3.14. The molecular weight excluding hydrogens is 331 g/mol. The Morgan fingerprint density at radius 1 is 1.13 bits per heavy atom. The molecule has 7 nitrogen and oxygen atoms in total. The number of rotatable bonds is 6. The first-order valence-corrected chi connectivity index (χ1v) is 7.39. The number of unbranched alkanes of at least 4 members (excludes halogenated alkanes) is 1. The maximum absolute atomic E-state index is 10.7. The van der Waals surface area contributed by atoms with Gasteiger partial charge in [0.05, 0.1) is 0 Å². The van der Waals surface area contributed by atoms with Gasteiger partial charge in [-0.3, -0.25) is 14.4 Å². The molecule has 0 aromatic carbocycles. The Morgan fingerprint density at radius 2 is 1.53 bits per heavy atom. The SMILES string of the molecule is CCCCNC(P(=O)(O)O)P(=O)(O)O.[99Tc]. The topological polar surface area (TPSA) is 127 Å². The van der Waals surface area contributed by atoms with Crippen molar-refractivity contribution in [2.45, 2.75) is 25.3 Å². The first kappa shape index (κ1) is 18.3. The van der Waals surface area contributed by atoms with Crippen LogP contribution < -0.4 is 5.32 Å². The van der Waals surface area contributed by atoms with E-state index in [0.717, 1.165) is 6.42 Å². The predicted octanol–water partition coefficient (Wildman–Crippen LogP) is 0.0126. The summed E-state index contributed by atoms with van der Waals surface area (Å²) >= 11 is 0. The van der Waals surface area contributed by atoms with E-state index in [-0.39, 0.29) is 26.7 Å². The van der Waals surface area contributed by atoms with Crippen molar-refractivity contribution in [2.75, 3.05) is 6.54 Å². The summed E-state index contributed by atoms with van der Waals surface area (Å²) in [6.07, 6.45) is 1.36. The van der Waals surface area contributed by atoms with Gasteiger partial charge in [0.25, 0.3) is 0 Å². The third-order valence-electron chi connectivity index (χ3n) is 1.49. The van der Waals surface area contributed by atoms with Gasteiger partial charge in [0.1, 0.15) is 0 Å². The average molecular weight is 346 g/mol. The van der Waals surface area contributed by atoms with E-state index in [2.05, 4.69) is 5.32 Å².